The van der Waals surface area contributed by atoms with Crippen LogP contribution in [0.15, 0.2) is 170 Å². The lowest BCUT2D eigenvalue weighted by molar-refractivity contribution is 1.19. The Hall–Kier alpha value is -6.39. The van der Waals surface area contributed by atoms with Crippen molar-refractivity contribution in [1.82, 2.24) is 19.5 Å². The fourth-order valence-electron chi connectivity index (χ4n) is 6.68. The number of aromatic nitrogens is 4. The maximum atomic E-state index is 4.82. The van der Waals surface area contributed by atoms with E-state index >= 15 is 0 Å². The van der Waals surface area contributed by atoms with Crippen LogP contribution < -0.4 is 0 Å². The third-order valence-electron chi connectivity index (χ3n) is 8.97. The van der Waals surface area contributed by atoms with Gasteiger partial charge < -0.3 is 4.57 Å². The van der Waals surface area contributed by atoms with Crippen molar-refractivity contribution in [3.05, 3.63) is 170 Å². The molecule has 9 rings (SSSR count). The van der Waals surface area contributed by atoms with Gasteiger partial charge in [0.15, 0.2) is 0 Å². The third-order valence-corrected chi connectivity index (χ3v) is 8.97. The highest BCUT2D eigenvalue weighted by Gasteiger charge is 2.17. The van der Waals surface area contributed by atoms with Gasteiger partial charge in [-0.1, -0.05) is 91.0 Å². The monoisotopic (exact) mass is 600 g/mol. The molecule has 220 valence electrons. The summed E-state index contributed by atoms with van der Waals surface area (Å²) in [7, 11) is 0. The molecule has 0 spiro atoms. The Morgan fingerprint density at radius 3 is 1.96 bits per heavy atom. The predicted octanol–water partition coefficient (Wildman–Crippen LogP) is 10.8. The summed E-state index contributed by atoms with van der Waals surface area (Å²) in [5.74, 6) is 0. The highest BCUT2D eigenvalue weighted by molar-refractivity contribution is 6.19. The minimum atomic E-state index is 0.945. The van der Waals surface area contributed by atoms with Crippen molar-refractivity contribution in [3.8, 4) is 50.5 Å². The number of nitrogens with zero attached hydrogens (tertiary/aromatic N) is 4. The second-order valence-corrected chi connectivity index (χ2v) is 11.8. The summed E-state index contributed by atoms with van der Waals surface area (Å²) < 4.78 is 2.42. The molecule has 0 aliphatic heterocycles. The topological polar surface area (TPSA) is 43.6 Å². The van der Waals surface area contributed by atoms with Crippen LogP contribution >= 0.6 is 0 Å². The molecule has 0 N–H and O–H groups in total. The molecule has 0 bridgehead atoms. The van der Waals surface area contributed by atoms with E-state index in [1.165, 1.54) is 38.1 Å². The Labute approximate surface area is 272 Å². The Morgan fingerprint density at radius 1 is 0.404 bits per heavy atom. The molecule has 0 aliphatic carbocycles. The Kier molecular flexibility index (Phi) is 6.43. The van der Waals surface area contributed by atoms with Crippen molar-refractivity contribution >= 4 is 32.6 Å². The van der Waals surface area contributed by atoms with Gasteiger partial charge in [-0.25, -0.2) is 0 Å². The number of fused-ring (bicyclic) bond motifs is 5. The Bertz CT molecular complexity index is 2540. The van der Waals surface area contributed by atoms with Gasteiger partial charge in [-0.15, -0.1) is 0 Å². The van der Waals surface area contributed by atoms with Crippen LogP contribution in [0.5, 0.6) is 0 Å². The lowest BCUT2D eigenvalue weighted by Crippen LogP contribution is -1.94. The SMILES string of the molecule is c1ccc(-n2c3cc(-c4cccc(-c5ccccn5)c4)ccc3c3ccc4cc(-c5ccc(-c6cccnc6)cn5)ccc4c32)cc1. The molecule has 4 nitrogen and oxygen atoms in total. The van der Waals surface area contributed by atoms with Gasteiger partial charge in [-0.3, -0.25) is 15.0 Å². The van der Waals surface area contributed by atoms with E-state index in [-0.39, 0.29) is 0 Å². The van der Waals surface area contributed by atoms with E-state index < -0.39 is 0 Å². The molecular weight excluding hydrogens is 573 g/mol. The fraction of sp³-hybridized carbons (Fsp3) is 0. The zero-order valence-corrected chi connectivity index (χ0v) is 25.5. The van der Waals surface area contributed by atoms with E-state index in [4.69, 9.17) is 4.98 Å². The molecule has 0 saturated heterocycles. The molecule has 0 radical (unpaired) electrons. The summed E-state index contributed by atoms with van der Waals surface area (Å²) in [4.78, 5) is 13.6. The van der Waals surface area contributed by atoms with Crippen LogP contribution in [0.3, 0.4) is 0 Å². The molecule has 4 aromatic heterocycles. The zero-order chi connectivity index (χ0) is 31.2. The number of hydrogen-bond acceptors (Lipinski definition) is 3. The van der Waals surface area contributed by atoms with Crippen LogP contribution in [-0.2, 0) is 0 Å². The summed E-state index contributed by atoms with van der Waals surface area (Å²) >= 11 is 0. The van der Waals surface area contributed by atoms with Crippen molar-refractivity contribution < 1.29 is 0 Å². The van der Waals surface area contributed by atoms with Gasteiger partial charge in [-0.2, -0.15) is 0 Å². The van der Waals surface area contributed by atoms with Crippen molar-refractivity contribution in [2.45, 2.75) is 0 Å². The zero-order valence-electron chi connectivity index (χ0n) is 25.5. The number of para-hydroxylation sites is 1. The maximum Gasteiger partial charge on any atom is 0.0702 e. The molecule has 0 saturated carbocycles. The number of benzene rings is 5. The van der Waals surface area contributed by atoms with Crippen LogP contribution in [0.1, 0.15) is 0 Å². The molecule has 5 aromatic carbocycles. The van der Waals surface area contributed by atoms with E-state index in [0.717, 1.165) is 44.9 Å². The largest absolute Gasteiger partial charge is 0.309 e. The molecule has 0 fully saturated rings. The van der Waals surface area contributed by atoms with Crippen LogP contribution in [0.2, 0.25) is 0 Å². The molecule has 0 aliphatic rings. The van der Waals surface area contributed by atoms with Gasteiger partial charge in [0.25, 0.3) is 0 Å². The summed E-state index contributed by atoms with van der Waals surface area (Å²) in [6, 6.07) is 51.6. The normalized spacial score (nSPS) is 11.4. The molecule has 47 heavy (non-hydrogen) atoms. The molecule has 9 aromatic rings. The van der Waals surface area contributed by atoms with E-state index in [0.29, 0.717) is 0 Å². The van der Waals surface area contributed by atoms with Crippen molar-refractivity contribution in [2.75, 3.05) is 0 Å². The van der Waals surface area contributed by atoms with E-state index in [9.17, 15) is 0 Å². The van der Waals surface area contributed by atoms with Crippen molar-refractivity contribution in [1.29, 1.82) is 0 Å². The highest BCUT2D eigenvalue weighted by atomic mass is 15.0. The average molecular weight is 601 g/mol. The van der Waals surface area contributed by atoms with E-state index in [2.05, 4.69) is 142 Å². The van der Waals surface area contributed by atoms with Crippen LogP contribution in [0.4, 0.5) is 0 Å². The standard InChI is InChI=1S/C43H28N4/c1-2-11-36(12-3-1)47-42-26-30(29-8-6-9-32(24-29)40-13-4-5-23-45-40)14-19-38(42)39-20-15-31-25-33(16-18-37(31)43(39)47)41-21-17-35(28-46-41)34-10-7-22-44-27-34/h1-28H. The molecule has 4 heteroatoms. The molecule has 0 atom stereocenters. The maximum absolute atomic E-state index is 4.82. The van der Waals surface area contributed by atoms with Gasteiger partial charge in [0.2, 0.25) is 0 Å². The number of rotatable bonds is 5. The lowest BCUT2D eigenvalue weighted by atomic mass is 9.99. The first kappa shape index (κ1) is 27.0. The van der Waals surface area contributed by atoms with Gasteiger partial charge >= 0.3 is 0 Å². The smallest absolute Gasteiger partial charge is 0.0702 e. The van der Waals surface area contributed by atoms with Crippen molar-refractivity contribution in [3.63, 3.8) is 0 Å². The first-order chi connectivity index (χ1) is 23.3. The van der Waals surface area contributed by atoms with Gasteiger partial charge in [0.05, 0.1) is 22.4 Å². The summed E-state index contributed by atoms with van der Waals surface area (Å²) in [5.41, 5.74) is 12.1. The van der Waals surface area contributed by atoms with Crippen molar-refractivity contribution in [2.24, 2.45) is 0 Å². The van der Waals surface area contributed by atoms with E-state index in [1.54, 1.807) is 6.20 Å². The molecule has 0 amide bonds. The lowest BCUT2D eigenvalue weighted by Gasteiger charge is -2.11. The van der Waals surface area contributed by atoms with Gasteiger partial charge in [-0.05, 0) is 71.1 Å². The summed E-state index contributed by atoms with van der Waals surface area (Å²) in [5, 5.41) is 4.84. The van der Waals surface area contributed by atoms with E-state index in [1.807, 2.05) is 36.8 Å². The molecule has 4 heterocycles. The fourth-order valence-corrected chi connectivity index (χ4v) is 6.68. The average Bonchev–Trinajstić information content (AvgIpc) is 3.50. The van der Waals surface area contributed by atoms with Crippen LogP contribution in [0, 0.1) is 0 Å². The number of hydrogen-bond donors (Lipinski definition) is 0. The second kappa shape index (κ2) is 11.2. The first-order valence-corrected chi connectivity index (χ1v) is 15.8. The quantitative estimate of drug-likeness (QED) is 0.197. The molecular formula is C43H28N4. The highest BCUT2D eigenvalue weighted by Crippen LogP contribution is 2.39. The third kappa shape index (κ3) is 4.75. The second-order valence-electron chi connectivity index (χ2n) is 11.8. The Balaban J connectivity index is 1.20. The summed E-state index contributed by atoms with van der Waals surface area (Å²) in [6.07, 6.45) is 7.43. The summed E-state index contributed by atoms with van der Waals surface area (Å²) in [6.45, 7) is 0. The Morgan fingerprint density at radius 2 is 1.13 bits per heavy atom. The van der Waals surface area contributed by atoms with Crippen LogP contribution in [0.25, 0.3) is 83.0 Å². The number of pyridine rings is 3. The minimum Gasteiger partial charge on any atom is -0.309 e. The molecule has 0 unspecified atom stereocenters. The van der Waals surface area contributed by atoms with Gasteiger partial charge in [0.1, 0.15) is 0 Å². The first-order valence-electron chi connectivity index (χ1n) is 15.8. The predicted molar refractivity (Wildman–Crippen MR) is 193 cm³/mol. The van der Waals surface area contributed by atoms with Crippen LogP contribution in [-0.4, -0.2) is 19.5 Å². The van der Waals surface area contributed by atoms with Gasteiger partial charge in [0, 0.05) is 68.9 Å². The minimum absolute atomic E-state index is 0.945.